The molecule has 4 heteroatoms. The Bertz CT molecular complexity index is 224. The van der Waals surface area contributed by atoms with E-state index in [0.29, 0.717) is 12.8 Å². The molecule has 0 spiro atoms. The fraction of sp³-hybridized carbons (Fsp3) is 0.800. The fourth-order valence-corrected chi connectivity index (χ4v) is 1.74. The minimum absolute atomic E-state index is 0.0168. The maximum absolute atomic E-state index is 11.4. The highest BCUT2D eigenvalue weighted by atomic mass is 16.5. The monoisotopic (exact) mass is 200 g/mol. The lowest BCUT2D eigenvalue weighted by atomic mass is 9.84. The molecular formula is C10H16O4. The van der Waals surface area contributed by atoms with E-state index in [1.165, 1.54) is 0 Å². The number of ketones is 1. The number of esters is 1. The third-order valence-electron chi connectivity index (χ3n) is 2.51. The molecule has 0 saturated heterocycles. The molecule has 14 heavy (non-hydrogen) atoms. The van der Waals surface area contributed by atoms with Gasteiger partial charge in [-0.1, -0.05) is 6.42 Å². The Kier molecular flexibility index (Phi) is 4.07. The summed E-state index contributed by atoms with van der Waals surface area (Å²) in [5, 5.41) is 9.55. The summed E-state index contributed by atoms with van der Waals surface area (Å²) in [6.45, 7) is 1.91. The Labute approximate surface area is 83.2 Å². The van der Waals surface area contributed by atoms with Gasteiger partial charge in [0.05, 0.1) is 12.5 Å². The molecule has 0 aromatic heterocycles. The largest absolute Gasteiger partial charge is 0.464 e. The summed E-state index contributed by atoms with van der Waals surface area (Å²) >= 11 is 0. The standard InChI is InChI=1S/C10H16O4/c1-2-14-10(13)9(12)7-5-3-4-6-8(7)11/h7,9,12H,2-6H2,1H3/t7-,9+/m1/s1. The van der Waals surface area contributed by atoms with Crippen LogP contribution in [0.25, 0.3) is 0 Å². The van der Waals surface area contributed by atoms with Crippen LogP contribution in [0, 0.1) is 5.92 Å². The Morgan fingerprint density at radius 3 is 2.93 bits per heavy atom. The van der Waals surface area contributed by atoms with Crippen LogP contribution >= 0.6 is 0 Å². The number of ether oxygens (including phenoxy) is 1. The van der Waals surface area contributed by atoms with E-state index >= 15 is 0 Å². The van der Waals surface area contributed by atoms with Gasteiger partial charge in [0.2, 0.25) is 0 Å². The second kappa shape index (κ2) is 5.10. The average molecular weight is 200 g/mol. The van der Waals surface area contributed by atoms with Gasteiger partial charge >= 0.3 is 5.97 Å². The Morgan fingerprint density at radius 1 is 1.64 bits per heavy atom. The molecule has 1 aliphatic carbocycles. The molecule has 0 bridgehead atoms. The predicted molar refractivity (Wildman–Crippen MR) is 49.6 cm³/mol. The maximum atomic E-state index is 11.4. The Morgan fingerprint density at radius 2 is 2.36 bits per heavy atom. The topological polar surface area (TPSA) is 63.6 Å². The summed E-state index contributed by atoms with van der Waals surface area (Å²) in [5.41, 5.74) is 0. The first kappa shape index (κ1) is 11.2. The predicted octanol–water partition coefficient (Wildman–Crippen LogP) is 0.670. The van der Waals surface area contributed by atoms with Crippen molar-refractivity contribution in [3.05, 3.63) is 0 Å². The van der Waals surface area contributed by atoms with Crippen LogP contribution in [-0.2, 0) is 14.3 Å². The van der Waals surface area contributed by atoms with Crippen LogP contribution in [0.3, 0.4) is 0 Å². The molecule has 0 amide bonds. The first-order valence-corrected chi connectivity index (χ1v) is 5.04. The SMILES string of the molecule is CCOC(=O)[C@@H](O)[C@@H]1CCCCC1=O. The van der Waals surface area contributed by atoms with E-state index in [2.05, 4.69) is 4.74 Å². The molecule has 80 valence electrons. The van der Waals surface area contributed by atoms with E-state index in [4.69, 9.17) is 0 Å². The van der Waals surface area contributed by atoms with Crippen molar-refractivity contribution in [3.8, 4) is 0 Å². The molecule has 0 heterocycles. The lowest BCUT2D eigenvalue weighted by molar-refractivity contribution is -0.159. The first-order chi connectivity index (χ1) is 6.66. The van der Waals surface area contributed by atoms with Gasteiger partial charge in [-0.15, -0.1) is 0 Å². The van der Waals surface area contributed by atoms with Crippen LogP contribution in [0.1, 0.15) is 32.6 Å². The highest BCUT2D eigenvalue weighted by Gasteiger charge is 2.34. The number of aliphatic hydroxyl groups is 1. The molecule has 0 aromatic carbocycles. The minimum Gasteiger partial charge on any atom is -0.464 e. The van der Waals surface area contributed by atoms with Gasteiger partial charge < -0.3 is 9.84 Å². The van der Waals surface area contributed by atoms with Crippen LogP contribution in [0.4, 0.5) is 0 Å². The Hall–Kier alpha value is -0.900. The van der Waals surface area contributed by atoms with Crippen molar-refractivity contribution in [3.63, 3.8) is 0 Å². The maximum Gasteiger partial charge on any atom is 0.335 e. The van der Waals surface area contributed by atoms with E-state index < -0.39 is 18.0 Å². The van der Waals surface area contributed by atoms with E-state index in [1.807, 2.05) is 0 Å². The van der Waals surface area contributed by atoms with Crippen molar-refractivity contribution < 1.29 is 19.4 Å². The van der Waals surface area contributed by atoms with Crippen molar-refractivity contribution in [1.29, 1.82) is 0 Å². The van der Waals surface area contributed by atoms with E-state index in [-0.39, 0.29) is 12.4 Å². The van der Waals surface area contributed by atoms with Crippen molar-refractivity contribution in [2.75, 3.05) is 6.61 Å². The number of hydrogen-bond acceptors (Lipinski definition) is 4. The molecule has 0 radical (unpaired) electrons. The zero-order valence-electron chi connectivity index (χ0n) is 8.36. The third kappa shape index (κ3) is 2.54. The lowest BCUT2D eigenvalue weighted by Gasteiger charge is -2.23. The molecular weight excluding hydrogens is 184 g/mol. The van der Waals surface area contributed by atoms with Crippen LogP contribution in [0.15, 0.2) is 0 Å². The summed E-state index contributed by atoms with van der Waals surface area (Å²) in [7, 11) is 0. The molecule has 4 nitrogen and oxygen atoms in total. The molecule has 1 saturated carbocycles. The van der Waals surface area contributed by atoms with Gasteiger partial charge in [-0.2, -0.15) is 0 Å². The van der Waals surface area contributed by atoms with Gasteiger partial charge in [0.1, 0.15) is 5.78 Å². The molecule has 1 rings (SSSR count). The molecule has 0 aromatic rings. The summed E-state index contributed by atoms with van der Waals surface area (Å²) in [4.78, 5) is 22.5. The lowest BCUT2D eigenvalue weighted by Crippen LogP contribution is -2.37. The van der Waals surface area contributed by atoms with Crippen molar-refractivity contribution in [2.24, 2.45) is 5.92 Å². The number of aliphatic hydroxyl groups excluding tert-OH is 1. The zero-order chi connectivity index (χ0) is 10.6. The van der Waals surface area contributed by atoms with E-state index in [9.17, 15) is 14.7 Å². The summed E-state index contributed by atoms with van der Waals surface area (Å²) in [6, 6.07) is 0. The fourth-order valence-electron chi connectivity index (χ4n) is 1.74. The summed E-state index contributed by atoms with van der Waals surface area (Å²) < 4.78 is 4.66. The average Bonchev–Trinajstić information content (AvgIpc) is 2.18. The Balaban J connectivity index is 2.53. The van der Waals surface area contributed by atoms with Gasteiger partial charge in [-0.05, 0) is 19.8 Å². The van der Waals surface area contributed by atoms with Gasteiger partial charge in [0.25, 0.3) is 0 Å². The van der Waals surface area contributed by atoms with Crippen molar-refractivity contribution in [2.45, 2.75) is 38.7 Å². The number of rotatable bonds is 3. The minimum atomic E-state index is -1.26. The second-order valence-electron chi connectivity index (χ2n) is 3.52. The molecule has 1 fully saturated rings. The number of Topliss-reactive ketones (excluding diaryl/α,β-unsaturated/α-hetero) is 1. The van der Waals surface area contributed by atoms with Gasteiger partial charge in [0, 0.05) is 6.42 Å². The number of hydrogen-bond donors (Lipinski definition) is 1. The molecule has 2 atom stereocenters. The first-order valence-electron chi connectivity index (χ1n) is 5.04. The molecule has 0 unspecified atom stereocenters. The van der Waals surface area contributed by atoms with Crippen LogP contribution in [0.5, 0.6) is 0 Å². The van der Waals surface area contributed by atoms with Crippen LogP contribution in [-0.4, -0.2) is 29.6 Å². The summed E-state index contributed by atoms with van der Waals surface area (Å²) in [6.07, 6.45) is 1.57. The smallest absolute Gasteiger partial charge is 0.335 e. The zero-order valence-corrected chi connectivity index (χ0v) is 8.36. The highest BCUT2D eigenvalue weighted by Crippen LogP contribution is 2.24. The van der Waals surface area contributed by atoms with Crippen molar-refractivity contribution >= 4 is 11.8 Å². The van der Waals surface area contributed by atoms with Crippen LogP contribution in [0.2, 0.25) is 0 Å². The number of carbonyl (C=O) groups is 2. The van der Waals surface area contributed by atoms with Gasteiger partial charge in [-0.25, -0.2) is 4.79 Å². The van der Waals surface area contributed by atoms with E-state index in [1.54, 1.807) is 6.92 Å². The normalized spacial score (nSPS) is 24.4. The van der Waals surface area contributed by atoms with E-state index in [0.717, 1.165) is 12.8 Å². The highest BCUT2D eigenvalue weighted by molar-refractivity contribution is 5.88. The van der Waals surface area contributed by atoms with Gasteiger partial charge in [0.15, 0.2) is 6.10 Å². The van der Waals surface area contributed by atoms with Crippen LogP contribution < -0.4 is 0 Å². The third-order valence-corrected chi connectivity index (χ3v) is 2.51. The molecule has 1 aliphatic rings. The van der Waals surface area contributed by atoms with Crippen molar-refractivity contribution in [1.82, 2.24) is 0 Å². The van der Waals surface area contributed by atoms with Gasteiger partial charge in [-0.3, -0.25) is 4.79 Å². The molecule has 0 aliphatic heterocycles. The molecule has 1 N–H and O–H groups in total. The number of carbonyl (C=O) groups excluding carboxylic acids is 2. The summed E-state index contributed by atoms with van der Waals surface area (Å²) in [5.74, 6) is -1.23. The quantitative estimate of drug-likeness (QED) is 0.680. The second-order valence-corrected chi connectivity index (χ2v) is 3.52.